The van der Waals surface area contributed by atoms with Gasteiger partial charge in [0.1, 0.15) is 5.75 Å². The number of aromatic nitrogens is 1. The van der Waals surface area contributed by atoms with E-state index in [1.54, 1.807) is 18.3 Å². The van der Waals surface area contributed by atoms with Crippen molar-refractivity contribution in [2.45, 2.75) is 30.5 Å². The third-order valence-electron chi connectivity index (χ3n) is 7.20. The highest BCUT2D eigenvalue weighted by molar-refractivity contribution is 7.92. The van der Waals surface area contributed by atoms with Gasteiger partial charge in [-0.3, -0.25) is 14.0 Å². The molecule has 41 heavy (non-hydrogen) atoms. The van der Waals surface area contributed by atoms with E-state index < -0.39 is 32.6 Å². The number of carbonyl (C=O) groups is 1. The van der Waals surface area contributed by atoms with Crippen molar-refractivity contribution in [2.75, 3.05) is 48.5 Å². The van der Waals surface area contributed by atoms with Gasteiger partial charge in [-0.25, -0.2) is 13.4 Å². The van der Waals surface area contributed by atoms with Crippen LogP contribution in [0.3, 0.4) is 0 Å². The maximum atomic E-state index is 14.0. The first kappa shape index (κ1) is 28.7. The number of pyridine rings is 1. The second kappa shape index (κ2) is 11.2. The molecule has 0 saturated carbocycles. The third-order valence-corrected chi connectivity index (χ3v) is 8.98. The minimum Gasteiger partial charge on any atom is -0.494 e. The number of carboxylic acids is 1. The minimum absolute atomic E-state index is 0.0424. The van der Waals surface area contributed by atoms with Crippen LogP contribution in [0.5, 0.6) is 5.75 Å². The highest BCUT2D eigenvalue weighted by Gasteiger charge is 2.41. The Bertz CT molecular complexity index is 1550. The fraction of sp³-hybridized carbons (Fsp3) is 0.357. The van der Waals surface area contributed by atoms with Gasteiger partial charge >= 0.3 is 12.1 Å². The van der Waals surface area contributed by atoms with Crippen LogP contribution in [0.4, 0.5) is 24.7 Å². The second-order valence-corrected chi connectivity index (χ2v) is 11.7. The monoisotopic (exact) mass is 590 g/mol. The molecule has 0 aliphatic carbocycles. The highest BCUT2D eigenvalue weighted by atomic mass is 32.2. The van der Waals surface area contributed by atoms with Crippen LogP contribution in [0.1, 0.15) is 18.9 Å². The van der Waals surface area contributed by atoms with Crippen LogP contribution in [0.15, 0.2) is 65.7 Å². The molecule has 5 rings (SSSR count). The molecule has 0 spiro atoms. The molecule has 3 aromatic rings. The van der Waals surface area contributed by atoms with Crippen LogP contribution in [-0.2, 0) is 21.0 Å². The molecule has 1 aromatic heterocycles. The number of hydrogen-bond donors (Lipinski definition) is 1. The van der Waals surface area contributed by atoms with Gasteiger partial charge in [-0.05, 0) is 48.9 Å². The van der Waals surface area contributed by atoms with Gasteiger partial charge in [0, 0.05) is 37.9 Å². The number of ether oxygens (including phenoxy) is 1. The molecule has 218 valence electrons. The topological polar surface area (TPSA) is 103 Å². The molecule has 2 aliphatic heterocycles. The summed E-state index contributed by atoms with van der Waals surface area (Å²) in [7, 11) is -4.44. The first-order valence-corrected chi connectivity index (χ1v) is 14.6. The molecule has 2 aromatic carbocycles. The van der Waals surface area contributed by atoms with Gasteiger partial charge in [0.15, 0.2) is 5.82 Å². The minimum atomic E-state index is -4.71. The van der Waals surface area contributed by atoms with Crippen molar-refractivity contribution in [1.82, 2.24) is 9.88 Å². The Labute approximate surface area is 235 Å². The number of benzene rings is 2. The summed E-state index contributed by atoms with van der Waals surface area (Å²) in [6, 6.07) is 12.3. The first-order valence-electron chi connectivity index (χ1n) is 13.1. The van der Waals surface area contributed by atoms with Gasteiger partial charge in [0.2, 0.25) is 0 Å². The zero-order valence-electron chi connectivity index (χ0n) is 22.2. The Morgan fingerprint density at radius 2 is 1.85 bits per heavy atom. The van der Waals surface area contributed by atoms with Gasteiger partial charge in [-0.1, -0.05) is 18.2 Å². The highest BCUT2D eigenvalue weighted by Crippen LogP contribution is 2.41. The summed E-state index contributed by atoms with van der Waals surface area (Å²) in [4.78, 5) is 19.2. The van der Waals surface area contributed by atoms with Gasteiger partial charge in [0.05, 0.1) is 41.8 Å². The summed E-state index contributed by atoms with van der Waals surface area (Å²) in [6.45, 7) is 4.01. The lowest BCUT2D eigenvalue weighted by Crippen LogP contribution is -2.61. The third kappa shape index (κ3) is 5.96. The van der Waals surface area contributed by atoms with Gasteiger partial charge in [-0.15, -0.1) is 0 Å². The molecule has 1 N–H and O–H groups in total. The zero-order valence-corrected chi connectivity index (χ0v) is 23.0. The van der Waals surface area contributed by atoms with E-state index >= 15 is 0 Å². The smallest absolute Gasteiger partial charge is 0.416 e. The molecule has 9 nitrogen and oxygen atoms in total. The van der Waals surface area contributed by atoms with E-state index in [0.717, 1.165) is 28.1 Å². The lowest BCUT2D eigenvalue weighted by atomic mass is 10.0. The van der Waals surface area contributed by atoms with Crippen LogP contribution < -0.4 is 13.9 Å². The molecule has 13 heteroatoms. The van der Waals surface area contributed by atoms with E-state index in [1.165, 1.54) is 0 Å². The number of halogens is 3. The number of fused-ring (bicyclic) bond motifs is 3. The standard InChI is InChI=1S/C28H29F3N4O5S/c1-2-40-23-7-3-5-19(13-23)20-14-25-27(32-16-20)34-12-11-33(10-9-26(36)37)17-22(34)18-35(25)41(38,39)24-8-4-6-21(15-24)28(29,30)31/h3-8,13-16,22H,2,9-12,17-18H2,1H3,(H,36,37)/t22-/m0/s1. The summed E-state index contributed by atoms with van der Waals surface area (Å²) in [5.74, 6) is 0.103. The van der Waals surface area contributed by atoms with Crippen molar-refractivity contribution >= 4 is 27.5 Å². The van der Waals surface area contributed by atoms with E-state index in [2.05, 4.69) is 4.98 Å². The molecular formula is C28H29F3N4O5S. The molecule has 3 heterocycles. The Hall–Kier alpha value is -3.84. The summed E-state index contributed by atoms with van der Waals surface area (Å²) in [6.07, 6.45) is -3.13. The molecule has 1 saturated heterocycles. The molecule has 0 unspecified atom stereocenters. The van der Waals surface area contributed by atoms with Crippen molar-refractivity contribution in [3.8, 4) is 16.9 Å². The second-order valence-electron chi connectivity index (χ2n) is 9.88. The zero-order chi connectivity index (χ0) is 29.4. The number of piperazine rings is 1. The lowest BCUT2D eigenvalue weighted by molar-refractivity contribution is -0.138. The summed E-state index contributed by atoms with van der Waals surface area (Å²) in [5, 5.41) is 9.11. The van der Waals surface area contributed by atoms with E-state index in [-0.39, 0.29) is 24.7 Å². The molecule has 1 atom stereocenters. The van der Waals surface area contributed by atoms with Crippen molar-refractivity contribution < 1.29 is 36.2 Å². The van der Waals surface area contributed by atoms with Crippen LogP contribution in [-0.4, -0.2) is 74.8 Å². The van der Waals surface area contributed by atoms with Crippen LogP contribution >= 0.6 is 0 Å². The number of hydrogen-bond acceptors (Lipinski definition) is 7. The van der Waals surface area contributed by atoms with Gasteiger partial charge < -0.3 is 14.7 Å². The van der Waals surface area contributed by atoms with E-state index in [4.69, 9.17) is 9.84 Å². The van der Waals surface area contributed by atoms with Crippen molar-refractivity contribution in [1.29, 1.82) is 0 Å². The van der Waals surface area contributed by atoms with Crippen molar-refractivity contribution in [3.05, 3.63) is 66.4 Å². The Morgan fingerprint density at radius 3 is 2.59 bits per heavy atom. The number of aliphatic carboxylic acids is 1. The Morgan fingerprint density at radius 1 is 1.07 bits per heavy atom. The van der Waals surface area contributed by atoms with E-state index in [9.17, 15) is 26.4 Å². The summed E-state index contributed by atoms with van der Waals surface area (Å²) in [5.41, 5.74) is 0.558. The SMILES string of the molecule is CCOc1cccc(-c2cnc3c(c2)N(S(=O)(=O)c2cccc(C(F)(F)F)c2)C[C@@H]2CN(CCC(=O)O)CCN32)c1. The number of anilines is 2. The summed E-state index contributed by atoms with van der Waals surface area (Å²) < 4.78 is 75.1. The number of carboxylic acid groups (broad SMARTS) is 1. The van der Waals surface area contributed by atoms with Crippen molar-refractivity contribution in [3.63, 3.8) is 0 Å². The molecule has 2 aliphatic rings. The van der Waals surface area contributed by atoms with Crippen LogP contribution in [0, 0.1) is 0 Å². The summed E-state index contributed by atoms with van der Waals surface area (Å²) >= 11 is 0. The largest absolute Gasteiger partial charge is 0.494 e. The van der Waals surface area contributed by atoms with Gasteiger partial charge in [0.25, 0.3) is 10.0 Å². The van der Waals surface area contributed by atoms with Gasteiger partial charge in [-0.2, -0.15) is 13.2 Å². The molecule has 0 bridgehead atoms. The average Bonchev–Trinajstić information content (AvgIpc) is 2.95. The predicted molar refractivity (Wildman–Crippen MR) is 147 cm³/mol. The Kier molecular flexibility index (Phi) is 7.84. The fourth-order valence-corrected chi connectivity index (χ4v) is 6.77. The number of alkyl halides is 3. The molecular weight excluding hydrogens is 561 g/mol. The van der Waals surface area contributed by atoms with E-state index in [1.807, 2.05) is 34.9 Å². The average molecular weight is 591 g/mol. The fourth-order valence-electron chi connectivity index (χ4n) is 5.23. The molecule has 0 radical (unpaired) electrons. The number of nitrogens with zero attached hydrogens (tertiary/aromatic N) is 4. The number of rotatable bonds is 8. The van der Waals surface area contributed by atoms with Crippen LogP contribution in [0.25, 0.3) is 11.1 Å². The first-order chi connectivity index (χ1) is 19.5. The number of sulfonamides is 1. The van der Waals surface area contributed by atoms with Crippen molar-refractivity contribution in [2.24, 2.45) is 0 Å². The normalized spacial score (nSPS) is 17.6. The lowest BCUT2D eigenvalue weighted by Gasteiger charge is -2.48. The Balaban J connectivity index is 1.58. The maximum Gasteiger partial charge on any atom is 0.416 e. The molecule has 0 amide bonds. The predicted octanol–water partition coefficient (Wildman–Crippen LogP) is 4.34. The molecule has 1 fully saturated rings. The van der Waals surface area contributed by atoms with E-state index in [0.29, 0.717) is 56.0 Å². The quantitative estimate of drug-likeness (QED) is 0.414. The maximum absolute atomic E-state index is 14.0. The van der Waals surface area contributed by atoms with Crippen LogP contribution in [0.2, 0.25) is 0 Å².